The van der Waals surface area contributed by atoms with Crippen LogP contribution in [0.5, 0.6) is 0 Å². The van der Waals surface area contributed by atoms with Gasteiger partial charge < -0.3 is 33.3 Å². The van der Waals surface area contributed by atoms with Gasteiger partial charge in [0.2, 0.25) is 5.62 Å². The molecule has 14 nitrogen and oxygen atoms in total. The lowest BCUT2D eigenvalue weighted by Gasteiger charge is -2.18. The Morgan fingerprint density at radius 2 is 1.52 bits per heavy atom. The van der Waals surface area contributed by atoms with E-state index in [0.717, 1.165) is 23.1 Å². The first-order valence-corrected chi connectivity index (χ1v) is 21.0. The van der Waals surface area contributed by atoms with Crippen LogP contribution in [0.4, 0.5) is 15.4 Å². The molecule has 3 aromatic carbocycles. The van der Waals surface area contributed by atoms with Crippen molar-refractivity contribution in [1.82, 2.24) is 14.9 Å². The van der Waals surface area contributed by atoms with E-state index < -0.39 is 24.2 Å². The summed E-state index contributed by atoms with van der Waals surface area (Å²) in [5.74, 6) is -0.342. The van der Waals surface area contributed by atoms with Crippen molar-refractivity contribution in [2.45, 2.75) is 77.2 Å². The molecule has 15 heteroatoms. The second kappa shape index (κ2) is 26.3. The van der Waals surface area contributed by atoms with Gasteiger partial charge >= 0.3 is 18.2 Å². The van der Waals surface area contributed by atoms with Gasteiger partial charge in [-0.25, -0.2) is 14.4 Å². The van der Waals surface area contributed by atoms with Crippen LogP contribution in [0.2, 0.25) is 0 Å². The lowest BCUT2D eigenvalue weighted by molar-refractivity contribution is -0.145. The van der Waals surface area contributed by atoms with Gasteiger partial charge in [-0.2, -0.15) is 4.98 Å². The average Bonchev–Trinajstić information content (AvgIpc) is 3.76. The van der Waals surface area contributed by atoms with Crippen LogP contribution in [0.15, 0.2) is 145 Å². The van der Waals surface area contributed by atoms with Gasteiger partial charge in [0.1, 0.15) is 37.9 Å². The van der Waals surface area contributed by atoms with Crippen LogP contribution in [0, 0.1) is 0 Å². The second-order valence-electron chi connectivity index (χ2n) is 13.9. The molecule has 1 unspecified atom stereocenters. The van der Waals surface area contributed by atoms with Gasteiger partial charge in [0.15, 0.2) is 9.03 Å². The number of esters is 1. The maximum Gasteiger partial charge on any atom is 0.413 e. The molecule has 0 aliphatic carbocycles. The largest absolute Gasteiger partial charge is 0.459 e. The second-order valence-corrected chi connectivity index (χ2v) is 14.6. The number of ether oxygens (including phenoxy) is 4. The molecule has 4 aromatic rings. The molecular weight excluding hydrogens is 798 g/mol. The molecule has 0 spiro atoms. The van der Waals surface area contributed by atoms with Crippen molar-refractivity contribution < 1.29 is 42.4 Å². The number of carbonyl (C=O) groups is 3. The summed E-state index contributed by atoms with van der Waals surface area (Å²) >= 11 is 0. The molecule has 61 heavy (non-hydrogen) atoms. The highest BCUT2D eigenvalue weighted by molar-refractivity contribution is 7.26. The Morgan fingerprint density at radius 1 is 0.869 bits per heavy atom. The lowest BCUT2D eigenvalue weighted by Crippen LogP contribution is -2.42. The standard InChI is InChI=1S/C46H54N5O9P/c1-3-5-17-35(4-2)30-55-43(52)40(48-45(53)56-31-36-18-9-6-10-19-36)24-15-16-28-47-44-49-41(50-46(54)57-32-37-20-11-7-12-21-37)27-29-51(44)42-26-25-39(60-42)34-59-61-58-33-38-22-13-8-14-23-38/h3-14,17-23,27,29,39-40,42,61H,2,15-16,24-26,28,30-34H2,1H3,(H,48,53)(H,47,49,50,54)/b5-3-,35-17+/t39-,40-,42+/m0/s1. The van der Waals surface area contributed by atoms with Crippen molar-refractivity contribution >= 4 is 33.0 Å². The monoisotopic (exact) mass is 851 g/mol. The highest BCUT2D eigenvalue weighted by Gasteiger charge is 2.28. The van der Waals surface area contributed by atoms with E-state index in [1.165, 1.54) is 0 Å². The number of aromatic nitrogens is 2. The highest BCUT2D eigenvalue weighted by atomic mass is 31.1. The number of unbranched alkanes of at least 4 members (excludes halogenated alkanes) is 1. The van der Waals surface area contributed by atoms with Crippen molar-refractivity contribution in [2.24, 2.45) is 4.99 Å². The molecule has 0 radical (unpaired) electrons. The fourth-order valence-corrected chi connectivity index (χ4v) is 6.57. The highest BCUT2D eigenvalue weighted by Crippen LogP contribution is 2.29. The number of nitrogens with one attached hydrogen (secondary N) is 2. The zero-order chi connectivity index (χ0) is 42.9. The summed E-state index contributed by atoms with van der Waals surface area (Å²) in [5, 5.41) is 5.38. The van der Waals surface area contributed by atoms with Crippen LogP contribution >= 0.6 is 9.03 Å². The summed E-state index contributed by atoms with van der Waals surface area (Å²) in [6.07, 6.45) is 9.68. The molecule has 1 aromatic heterocycles. The van der Waals surface area contributed by atoms with Gasteiger partial charge in [-0.15, -0.1) is 0 Å². The molecule has 2 heterocycles. The van der Waals surface area contributed by atoms with Gasteiger partial charge in [-0.05, 0) is 67.4 Å². The van der Waals surface area contributed by atoms with E-state index in [-0.39, 0.29) is 53.4 Å². The predicted molar refractivity (Wildman–Crippen MR) is 233 cm³/mol. The van der Waals surface area contributed by atoms with E-state index in [0.29, 0.717) is 50.2 Å². The van der Waals surface area contributed by atoms with Crippen molar-refractivity contribution in [1.29, 1.82) is 0 Å². The summed E-state index contributed by atoms with van der Waals surface area (Å²) in [7, 11) is -0.125. The number of rotatable bonds is 23. The zero-order valence-electron chi connectivity index (χ0n) is 34.4. The number of benzene rings is 3. The predicted octanol–water partition coefficient (Wildman–Crippen LogP) is 8.65. The number of nitrogens with zero attached hydrogens (tertiary/aromatic N) is 3. The van der Waals surface area contributed by atoms with Crippen LogP contribution in [0.25, 0.3) is 0 Å². The van der Waals surface area contributed by atoms with Crippen molar-refractivity contribution in [3.8, 4) is 0 Å². The summed E-state index contributed by atoms with van der Waals surface area (Å²) in [5.41, 5.74) is 3.78. The van der Waals surface area contributed by atoms with Gasteiger partial charge in [-0.3, -0.25) is 14.9 Å². The first-order valence-electron chi connectivity index (χ1n) is 20.2. The molecule has 0 bridgehead atoms. The molecule has 1 aliphatic rings. The van der Waals surface area contributed by atoms with Crippen molar-refractivity contribution in [2.75, 3.05) is 25.1 Å². The van der Waals surface area contributed by atoms with Crippen LogP contribution < -0.4 is 16.3 Å². The van der Waals surface area contributed by atoms with Crippen LogP contribution in [0.1, 0.15) is 61.9 Å². The molecule has 1 fully saturated rings. The number of alkyl carbamates (subject to hydrolysis) is 1. The van der Waals surface area contributed by atoms with E-state index in [4.69, 9.17) is 33.0 Å². The van der Waals surface area contributed by atoms with E-state index in [1.54, 1.807) is 24.4 Å². The Hall–Kier alpha value is -5.92. The van der Waals surface area contributed by atoms with E-state index >= 15 is 0 Å². The Balaban J connectivity index is 1.21. The van der Waals surface area contributed by atoms with Crippen LogP contribution in [-0.2, 0) is 52.6 Å². The number of anilines is 1. The van der Waals surface area contributed by atoms with Crippen molar-refractivity contribution in [3.63, 3.8) is 0 Å². The van der Waals surface area contributed by atoms with Crippen LogP contribution in [-0.4, -0.2) is 59.6 Å². The molecular formula is C46H54N5O9P. The maximum atomic E-state index is 13.3. The number of amides is 2. The third kappa shape index (κ3) is 16.9. The minimum absolute atomic E-state index is 0.00621. The van der Waals surface area contributed by atoms with E-state index in [2.05, 4.69) is 22.2 Å². The quantitative estimate of drug-likeness (QED) is 0.0243. The van der Waals surface area contributed by atoms with Crippen LogP contribution in [0.3, 0.4) is 0 Å². The number of carbonyl (C=O) groups excluding carboxylic acids is 3. The Morgan fingerprint density at radius 3 is 2.18 bits per heavy atom. The molecule has 2 amide bonds. The first-order chi connectivity index (χ1) is 29.9. The Bertz CT molecular complexity index is 2100. The van der Waals surface area contributed by atoms with Crippen molar-refractivity contribution in [3.05, 3.63) is 162 Å². The normalized spacial score (nSPS) is 16.1. The number of hydrogen-bond acceptors (Lipinski definition) is 11. The van der Waals surface area contributed by atoms with E-state index in [9.17, 15) is 14.4 Å². The van der Waals surface area contributed by atoms with Gasteiger partial charge in [0, 0.05) is 12.7 Å². The molecule has 5 rings (SSSR count). The topological polar surface area (TPSA) is 161 Å². The molecule has 322 valence electrons. The van der Waals surface area contributed by atoms with E-state index in [1.807, 2.05) is 115 Å². The number of allylic oxidation sites excluding steroid dienone is 3. The third-order valence-corrected chi connectivity index (χ3v) is 9.79. The molecule has 2 N–H and O–H groups in total. The third-order valence-electron chi connectivity index (χ3n) is 9.24. The zero-order valence-corrected chi connectivity index (χ0v) is 35.4. The molecule has 1 aliphatic heterocycles. The van der Waals surface area contributed by atoms with Gasteiger partial charge in [-0.1, -0.05) is 122 Å². The average molecular weight is 852 g/mol. The first kappa shape index (κ1) is 46.2. The molecule has 0 saturated carbocycles. The molecule has 4 atom stereocenters. The fourth-order valence-electron chi connectivity index (χ4n) is 6.01. The molecule has 1 saturated heterocycles. The number of hydrogen-bond donors (Lipinski definition) is 2. The maximum absolute atomic E-state index is 13.3. The fraction of sp³-hybridized carbons (Fsp3) is 0.326. The summed E-state index contributed by atoms with van der Waals surface area (Å²) in [6.45, 7) is 6.97. The SMILES string of the molecule is C=C/C(=C\C=C/C)COC(=O)[C@H](CCCCN=c1nc(NC(=O)OCc2ccccc2)ccn1[C@H]1CC[C@@H](COPOCc2ccccc2)O1)NC(=O)OCc1ccccc1. The summed E-state index contributed by atoms with van der Waals surface area (Å²) in [6, 6.07) is 29.2. The summed E-state index contributed by atoms with van der Waals surface area (Å²) < 4.78 is 36.1. The summed E-state index contributed by atoms with van der Waals surface area (Å²) in [4.78, 5) is 48.3. The van der Waals surface area contributed by atoms with Gasteiger partial charge in [0.25, 0.3) is 0 Å². The smallest absolute Gasteiger partial charge is 0.413 e. The van der Waals surface area contributed by atoms with Gasteiger partial charge in [0.05, 0.1) is 19.3 Å². The lowest BCUT2D eigenvalue weighted by atomic mass is 10.1. The minimum Gasteiger partial charge on any atom is -0.459 e. The Labute approximate surface area is 358 Å². The Kier molecular flexibility index (Phi) is 19.9. The minimum atomic E-state index is -0.969.